The van der Waals surface area contributed by atoms with E-state index in [4.69, 9.17) is 34.8 Å². The van der Waals surface area contributed by atoms with E-state index in [1.807, 2.05) is 13.8 Å². The maximum atomic E-state index is 12.4. The van der Waals surface area contributed by atoms with Crippen LogP contribution in [0.3, 0.4) is 0 Å². The Kier molecular flexibility index (Phi) is 5.09. The molecule has 0 aliphatic rings. The molecule has 1 N–H and O–H groups in total. The molecule has 0 saturated carbocycles. The summed E-state index contributed by atoms with van der Waals surface area (Å²) < 4.78 is 29.0. The van der Waals surface area contributed by atoms with Gasteiger partial charge in [-0.15, -0.1) is 0 Å². The fourth-order valence-corrected chi connectivity index (χ4v) is 4.02. The number of rotatable bonds is 4. The standard InChI is InChI=1S/C13H14Cl3N3O2S/c1-7-9(8(2)19(3)18-7)6-17-22(20,21)13-5-11(15)10(14)4-12(13)16/h4-5,17H,6H2,1-3H3. The summed E-state index contributed by atoms with van der Waals surface area (Å²) in [6, 6.07) is 2.54. The summed E-state index contributed by atoms with van der Waals surface area (Å²) in [6.07, 6.45) is 0. The Balaban J connectivity index is 2.31. The van der Waals surface area contributed by atoms with Crippen molar-refractivity contribution < 1.29 is 8.42 Å². The molecule has 0 radical (unpaired) electrons. The van der Waals surface area contributed by atoms with Gasteiger partial charge in [-0.3, -0.25) is 4.68 Å². The lowest BCUT2D eigenvalue weighted by Gasteiger charge is -2.10. The Morgan fingerprint density at radius 2 is 1.73 bits per heavy atom. The predicted octanol–water partition coefficient (Wildman–Crippen LogP) is 3.48. The highest BCUT2D eigenvalue weighted by Gasteiger charge is 2.21. The van der Waals surface area contributed by atoms with Crippen molar-refractivity contribution in [1.29, 1.82) is 0 Å². The minimum Gasteiger partial charge on any atom is -0.272 e. The van der Waals surface area contributed by atoms with Crippen LogP contribution in [-0.2, 0) is 23.6 Å². The zero-order chi connectivity index (χ0) is 16.7. The summed E-state index contributed by atoms with van der Waals surface area (Å²) in [5.74, 6) is 0. The van der Waals surface area contributed by atoms with E-state index in [1.165, 1.54) is 12.1 Å². The summed E-state index contributed by atoms with van der Waals surface area (Å²) in [5, 5.41) is 4.58. The topological polar surface area (TPSA) is 64.0 Å². The normalized spacial score (nSPS) is 11.9. The molecule has 1 aromatic heterocycles. The number of benzene rings is 1. The molecule has 2 rings (SSSR count). The Labute approximate surface area is 144 Å². The van der Waals surface area contributed by atoms with Gasteiger partial charge in [0.15, 0.2) is 0 Å². The van der Waals surface area contributed by atoms with Gasteiger partial charge in [-0.2, -0.15) is 5.10 Å². The van der Waals surface area contributed by atoms with Gasteiger partial charge >= 0.3 is 0 Å². The first-order chi connectivity index (χ1) is 10.1. The molecule has 0 amide bonds. The van der Waals surface area contributed by atoms with Crippen LogP contribution in [0.25, 0.3) is 0 Å². The van der Waals surface area contributed by atoms with Crippen molar-refractivity contribution >= 4 is 44.8 Å². The molecule has 2 aromatic rings. The number of nitrogens with one attached hydrogen (secondary N) is 1. The summed E-state index contributed by atoms with van der Waals surface area (Å²) in [7, 11) is -2.01. The van der Waals surface area contributed by atoms with Gasteiger partial charge in [0.25, 0.3) is 0 Å². The predicted molar refractivity (Wildman–Crippen MR) is 88.2 cm³/mol. The molecule has 1 aromatic carbocycles. The van der Waals surface area contributed by atoms with Gasteiger partial charge in [0.1, 0.15) is 4.90 Å². The highest BCUT2D eigenvalue weighted by Crippen LogP contribution is 2.31. The third kappa shape index (κ3) is 3.41. The number of aromatic nitrogens is 2. The monoisotopic (exact) mass is 381 g/mol. The van der Waals surface area contributed by atoms with Gasteiger partial charge in [-0.1, -0.05) is 34.8 Å². The van der Waals surface area contributed by atoms with Gasteiger partial charge in [0.2, 0.25) is 10.0 Å². The van der Waals surface area contributed by atoms with E-state index >= 15 is 0 Å². The molecular weight excluding hydrogens is 369 g/mol. The van der Waals surface area contributed by atoms with E-state index in [1.54, 1.807) is 11.7 Å². The Bertz CT molecular complexity index is 832. The number of hydrogen-bond acceptors (Lipinski definition) is 3. The van der Waals surface area contributed by atoms with Crippen LogP contribution in [0.15, 0.2) is 17.0 Å². The first-order valence-corrected chi connectivity index (χ1v) is 8.88. The molecule has 0 bridgehead atoms. The Morgan fingerprint density at radius 1 is 1.14 bits per heavy atom. The quantitative estimate of drug-likeness (QED) is 0.823. The van der Waals surface area contributed by atoms with Gasteiger partial charge < -0.3 is 0 Å². The second kappa shape index (κ2) is 6.37. The smallest absolute Gasteiger partial charge is 0.242 e. The molecule has 9 heteroatoms. The Morgan fingerprint density at radius 3 is 2.27 bits per heavy atom. The number of nitrogens with zero attached hydrogens (tertiary/aromatic N) is 2. The van der Waals surface area contributed by atoms with E-state index < -0.39 is 10.0 Å². The van der Waals surface area contributed by atoms with Gasteiger partial charge in [0.05, 0.1) is 20.8 Å². The maximum absolute atomic E-state index is 12.4. The average Bonchev–Trinajstić information content (AvgIpc) is 2.65. The first-order valence-electron chi connectivity index (χ1n) is 6.26. The van der Waals surface area contributed by atoms with Crippen LogP contribution >= 0.6 is 34.8 Å². The second-order valence-corrected chi connectivity index (χ2v) is 7.75. The van der Waals surface area contributed by atoms with Crippen molar-refractivity contribution in [3.8, 4) is 0 Å². The van der Waals surface area contributed by atoms with Crippen molar-refractivity contribution in [2.75, 3.05) is 0 Å². The summed E-state index contributed by atoms with van der Waals surface area (Å²) in [6.45, 7) is 3.81. The highest BCUT2D eigenvalue weighted by molar-refractivity contribution is 7.89. The van der Waals surface area contributed by atoms with Gasteiger partial charge in [0, 0.05) is 24.8 Å². The molecule has 22 heavy (non-hydrogen) atoms. The van der Waals surface area contributed by atoms with E-state index in [9.17, 15) is 8.42 Å². The summed E-state index contributed by atoms with van der Waals surface area (Å²) in [5.41, 5.74) is 2.48. The molecule has 1 heterocycles. The van der Waals surface area contributed by atoms with Crippen LogP contribution < -0.4 is 4.72 Å². The fraction of sp³-hybridized carbons (Fsp3) is 0.308. The molecular formula is C13H14Cl3N3O2S. The van der Waals surface area contributed by atoms with Gasteiger partial charge in [-0.25, -0.2) is 13.1 Å². The lowest BCUT2D eigenvalue weighted by Crippen LogP contribution is -2.24. The lowest BCUT2D eigenvalue weighted by atomic mass is 10.2. The van der Waals surface area contributed by atoms with Crippen LogP contribution in [0.1, 0.15) is 17.0 Å². The fourth-order valence-electron chi connectivity index (χ4n) is 2.03. The Hall–Kier alpha value is -0.790. The van der Waals surface area contributed by atoms with Gasteiger partial charge in [-0.05, 0) is 26.0 Å². The highest BCUT2D eigenvalue weighted by atomic mass is 35.5. The molecule has 0 aliphatic heterocycles. The van der Waals surface area contributed by atoms with Crippen molar-refractivity contribution in [2.45, 2.75) is 25.3 Å². The maximum Gasteiger partial charge on any atom is 0.242 e. The zero-order valence-corrected chi connectivity index (χ0v) is 15.2. The van der Waals surface area contributed by atoms with Crippen LogP contribution in [0.4, 0.5) is 0 Å². The third-order valence-corrected chi connectivity index (χ3v) is 5.95. The van der Waals surface area contributed by atoms with E-state index in [2.05, 4.69) is 9.82 Å². The van der Waals surface area contributed by atoms with Crippen molar-refractivity contribution in [2.24, 2.45) is 7.05 Å². The molecule has 0 fully saturated rings. The van der Waals surface area contributed by atoms with E-state index in [0.717, 1.165) is 17.0 Å². The summed E-state index contributed by atoms with van der Waals surface area (Å²) in [4.78, 5) is -0.109. The molecule has 0 saturated heterocycles. The summed E-state index contributed by atoms with van der Waals surface area (Å²) >= 11 is 17.6. The van der Waals surface area contributed by atoms with E-state index in [-0.39, 0.29) is 26.5 Å². The molecule has 0 unspecified atom stereocenters. The molecule has 120 valence electrons. The van der Waals surface area contributed by atoms with Crippen molar-refractivity contribution in [3.63, 3.8) is 0 Å². The van der Waals surface area contributed by atoms with Crippen LogP contribution in [0.2, 0.25) is 15.1 Å². The molecule has 0 spiro atoms. The number of hydrogen-bond donors (Lipinski definition) is 1. The largest absolute Gasteiger partial charge is 0.272 e. The second-order valence-electron chi connectivity index (χ2n) is 4.79. The van der Waals surface area contributed by atoms with Crippen LogP contribution in [-0.4, -0.2) is 18.2 Å². The molecule has 5 nitrogen and oxygen atoms in total. The third-order valence-electron chi connectivity index (χ3n) is 3.36. The van der Waals surface area contributed by atoms with Crippen LogP contribution in [0.5, 0.6) is 0 Å². The van der Waals surface area contributed by atoms with Crippen LogP contribution in [0, 0.1) is 13.8 Å². The van der Waals surface area contributed by atoms with Crippen molar-refractivity contribution in [3.05, 3.63) is 44.2 Å². The van der Waals surface area contributed by atoms with Crippen molar-refractivity contribution in [1.82, 2.24) is 14.5 Å². The first kappa shape index (κ1) is 17.6. The number of sulfonamides is 1. The zero-order valence-electron chi connectivity index (χ0n) is 12.1. The lowest BCUT2D eigenvalue weighted by molar-refractivity contribution is 0.581. The molecule has 0 atom stereocenters. The van der Waals surface area contributed by atoms with E-state index in [0.29, 0.717) is 0 Å². The number of halogens is 3. The minimum atomic E-state index is -3.81. The number of aryl methyl sites for hydroxylation is 2. The average molecular weight is 383 g/mol. The SMILES string of the molecule is Cc1nn(C)c(C)c1CNS(=O)(=O)c1cc(Cl)c(Cl)cc1Cl. The minimum absolute atomic E-state index is 0.0153. The molecule has 0 aliphatic carbocycles.